The van der Waals surface area contributed by atoms with Gasteiger partial charge in [-0.2, -0.15) is 0 Å². The number of carbonyl (C=O) groups excluding carboxylic acids is 2. The fraction of sp³-hybridized carbons (Fsp3) is 0.333. The molecule has 0 aromatic heterocycles. The summed E-state index contributed by atoms with van der Waals surface area (Å²) in [7, 11) is 0. The minimum absolute atomic E-state index is 0.140. The van der Waals surface area contributed by atoms with Gasteiger partial charge in [0.15, 0.2) is 6.61 Å². The van der Waals surface area contributed by atoms with E-state index in [0.29, 0.717) is 31.2 Å². The Bertz CT molecular complexity index is 1080. The second-order valence-corrected chi connectivity index (χ2v) is 9.46. The van der Waals surface area contributed by atoms with E-state index in [4.69, 9.17) is 4.74 Å². The highest BCUT2D eigenvalue weighted by Crippen LogP contribution is 2.18. The molecule has 2 amide bonds. The Morgan fingerprint density at radius 1 is 0.857 bits per heavy atom. The lowest BCUT2D eigenvalue weighted by molar-refractivity contribution is -0.142. The molecule has 3 aromatic rings. The molecule has 0 spiro atoms. The lowest BCUT2D eigenvalue weighted by atomic mass is 10.0. The van der Waals surface area contributed by atoms with Crippen LogP contribution in [-0.4, -0.2) is 35.9 Å². The second kappa shape index (κ2) is 12.7. The van der Waals surface area contributed by atoms with Gasteiger partial charge in [0.25, 0.3) is 5.91 Å². The topological polar surface area (TPSA) is 58.6 Å². The number of nitrogens with one attached hydrogen (secondary N) is 1. The third-order valence-corrected chi connectivity index (χ3v) is 5.71. The van der Waals surface area contributed by atoms with Gasteiger partial charge in [0.05, 0.1) is 0 Å². The molecule has 0 radical (unpaired) electrons. The first-order valence-electron chi connectivity index (χ1n) is 12.2. The Labute approximate surface area is 209 Å². The van der Waals surface area contributed by atoms with Crippen molar-refractivity contribution in [2.24, 2.45) is 5.92 Å². The number of hydrogen-bond acceptors (Lipinski definition) is 3. The Hall–Kier alpha value is -3.60. The molecular formula is C30H36N2O3. The number of benzene rings is 3. The maximum Gasteiger partial charge on any atom is 0.261 e. The largest absolute Gasteiger partial charge is 0.484 e. The summed E-state index contributed by atoms with van der Waals surface area (Å²) in [6, 6.07) is 24.8. The number of ether oxygens (including phenoxy) is 1. The molecule has 0 saturated carbocycles. The number of nitrogens with zero attached hydrogens (tertiary/aromatic N) is 1. The smallest absolute Gasteiger partial charge is 0.261 e. The minimum atomic E-state index is -0.660. The van der Waals surface area contributed by atoms with Crippen LogP contribution >= 0.6 is 0 Å². The van der Waals surface area contributed by atoms with Gasteiger partial charge in [-0.25, -0.2) is 0 Å². The third kappa shape index (κ3) is 8.29. The standard InChI is InChI=1S/C30H36N2O3/c1-22(2)19-31-30(34)28(18-25-11-7-5-8-12-25)32(20-26-13-9-6-10-14-26)29(33)21-35-27-16-23(3)15-24(4)17-27/h5-17,22,28H,18-21H2,1-4H3,(H,31,34). The molecule has 3 aromatic carbocycles. The molecular weight excluding hydrogens is 436 g/mol. The van der Waals surface area contributed by atoms with Crippen LogP contribution in [0.3, 0.4) is 0 Å². The van der Waals surface area contributed by atoms with Crippen molar-refractivity contribution in [1.82, 2.24) is 10.2 Å². The van der Waals surface area contributed by atoms with Crippen molar-refractivity contribution in [3.05, 3.63) is 101 Å². The Morgan fingerprint density at radius 3 is 2.00 bits per heavy atom. The van der Waals surface area contributed by atoms with Gasteiger partial charge in [-0.15, -0.1) is 0 Å². The quantitative estimate of drug-likeness (QED) is 0.423. The molecule has 0 aliphatic heterocycles. The Balaban J connectivity index is 1.88. The first-order chi connectivity index (χ1) is 16.8. The summed E-state index contributed by atoms with van der Waals surface area (Å²) in [4.78, 5) is 28.6. The average Bonchev–Trinajstić information content (AvgIpc) is 2.84. The predicted octanol–water partition coefficient (Wildman–Crippen LogP) is 5.09. The number of carbonyl (C=O) groups is 2. The average molecular weight is 473 g/mol. The maximum absolute atomic E-state index is 13.6. The summed E-state index contributed by atoms with van der Waals surface area (Å²) in [5.41, 5.74) is 4.10. The van der Waals surface area contributed by atoms with Crippen LogP contribution < -0.4 is 10.1 Å². The highest BCUT2D eigenvalue weighted by atomic mass is 16.5. The predicted molar refractivity (Wildman–Crippen MR) is 140 cm³/mol. The van der Waals surface area contributed by atoms with E-state index in [-0.39, 0.29) is 18.4 Å². The van der Waals surface area contributed by atoms with Crippen molar-refractivity contribution in [3.8, 4) is 5.75 Å². The number of amides is 2. The molecule has 0 heterocycles. The summed E-state index contributed by atoms with van der Waals surface area (Å²) in [6.45, 7) is 8.84. The molecule has 5 nitrogen and oxygen atoms in total. The van der Waals surface area contributed by atoms with Gasteiger partial charge in [-0.3, -0.25) is 9.59 Å². The molecule has 1 N–H and O–H groups in total. The highest BCUT2D eigenvalue weighted by molar-refractivity contribution is 5.88. The van der Waals surface area contributed by atoms with Crippen molar-refractivity contribution < 1.29 is 14.3 Å². The molecule has 1 atom stereocenters. The van der Waals surface area contributed by atoms with E-state index in [2.05, 4.69) is 25.2 Å². The van der Waals surface area contributed by atoms with Crippen LogP contribution in [0.1, 0.15) is 36.1 Å². The highest BCUT2D eigenvalue weighted by Gasteiger charge is 2.30. The van der Waals surface area contributed by atoms with E-state index >= 15 is 0 Å². The third-order valence-electron chi connectivity index (χ3n) is 5.71. The zero-order valence-corrected chi connectivity index (χ0v) is 21.2. The van der Waals surface area contributed by atoms with Gasteiger partial charge in [-0.05, 0) is 54.2 Å². The van der Waals surface area contributed by atoms with E-state index < -0.39 is 6.04 Å². The van der Waals surface area contributed by atoms with Crippen LogP contribution in [0, 0.1) is 19.8 Å². The van der Waals surface area contributed by atoms with Crippen LogP contribution in [0.25, 0.3) is 0 Å². The van der Waals surface area contributed by atoms with E-state index in [0.717, 1.165) is 22.3 Å². The molecule has 0 bridgehead atoms. The van der Waals surface area contributed by atoms with Crippen molar-refractivity contribution >= 4 is 11.8 Å². The van der Waals surface area contributed by atoms with E-state index in [9.17, 15) is 9.59 Å². The second-order valence-electron chi connectivity index (χ2n) is 9.46. The molecule has 0 aliphatic carbocycles. The fourth-order valence-corrected chi connectivity index (χ4v) is 4.00. The van der Waals surface area contributed by atoms with Crippen molar-refractivity contribution in [1.29, 1.82) is 0 Å². The van der Waals surface area contributed by atoms with Gasteiger partial charge in [0.1, 0.15) is 11.8 Å². The summed E-state index contributed by atoms with van der Waals surface area (Å²) >= 11 is 0. The normalized spacial score (nSPS) is 11.7. The molecule has 1 unspecified atom stereocenters. The van der Waals surface area contributed by atoms with E-state index in [1.165, 1.54) is 0 Å². The maximum atomic E-state index is 13.6. The lowest BCUT2D eigenvalue weighted by Crippen LogP contribution is -2.52. The van der Waals surface area contributed by atoms with Crippen molar-refractivity contribution in [3.63, 3.8) is 0 Å². The molecule has 0 aliphatic rings. The zero-order chi connectivity index (χ0) is 25.2. The fourth-order valence-electron chi connectivity index (χ4n) is 4.00. The molecule has 0 saturated heterocycles. The number of aryl methyl sites for hydroxylation is 2. The monoisotopic (exact) mass is 472 g/mol. The molecule has 0 fully saturated rings. The zero-order valence-electron chi connectivity index (χ0n) is 21.2. The summed E-state index contributed by atoms with van der Waals surface area (Å²) < 4.78 is 5.90. The summed E-state index contributed by atoms with van der Waals surface area (Å²) in [5.74, 6) is 0.578. The first-order valence-corrected chi connectivity index (χ1v) is 12.2. The molecule has 5 heteroatoms. The summed E-state index contributed by atoms with van der Waals surface area (Å²) in [5, 5.41) is 3.04. The van der Waals surface area contributed by atoms with Crippen LogP contribution in [0.5, 0.6) is 5.75 Å². The van der Waals surface area contributed by atoms with Gasteiger partial charge < -0.3 is 15.0 Å². The van der Waals surface area contributed by atoms with Crippen LogP contribution in [-0.2, 0) is 22.6 Å². The number of rotatable bonds is 11. The van der Waals surface area contributed by atoms with E-state index in [1.807, 2.05) is 86.6 Å². The minimum Gasteiger partial charge on any atom is -0.484 e. The van der Waals surface area contributed by atoms with Crippen LogP contribution in [0.15, 0.2) is 78.9 Å². The first kappa shape index (κ1) is 26.0. The van der Waals surface area contributed by atoms with Gasteiger partial charge >= 0.3 is 0 Å². The molecule has 35 heavy (non-hydrogen) atoms. The van der Waals surface area contributed by atoms with Crippen LogP contribution in [0.4, 0.5) is 0 Å². The Morgan fingerprint density at radius 2 is 1.43 bits per heavy atom. The van der Waals surface area contributed by atoms with E-state index in [1.54, 1.807) is 4.90 Å². The van der Waals surface area contributed by atoms with Gasteiger partial charge in [0, 0.05) is 19.5 Å². The van der Waals surface area contributed by atoms with Crippen molar-refractivity contribution in [2.75, 3.05) is 13.2 Å². The van der Waals surface area contributed by atoms with Gasteiger partial charge in [0.2, 0.25) is 5.91 Å². The van der Waals surface area contributed by atoms with Gasteiger partial charge in [-0.1, -0.05) is 80.6 Å². The lowest BCUT2D eigenvalue weighted by Gasteiger charge is -2.31. The Kier molecular flexibility index (Phi) is 9.47. The number of hydrogen-bond donors (Lipinski definition) is 1. The SMILES string of the molecule is Cc1cc(C)cc(OCC(=O)N(Cc2ccccc2)C(Cc2ccccc2)C(=O)NCC(C)C)c1. The summed E-state index contributed by atoms with van der Waals surface area (Å²) in [6.07, 6.45) is 0.424. The molecule has 3 rings (SSSR count). The molecule has 184 valence electrons. The van der Waals surface area contributed by atoms with Crippen LogP contribution in [0.2, 0.25) is 0 Å². The van der Waals surface area contributed by atoms with Crippen molar-refractivity contribution in [2.45, 2.75) is 46.7 Å².